The van der Waals surface area contributed by atoms with E-state index in [1.807, 2.05) is 0 Å². The molecule has 0 aromatic rings. The second kappa shape index (κ2) is 6.95. The molecule has 0 rings (SSSR count). The van der Waals surface area contributed by atoms with Crippen LogP contribution in [0.1, 0.15) is 12.8 Å². The van der Waals surface area contributed by atoms with Gasteiger partial charge < -0.3 is 0 Å². The summed E-state index contributed by atoms with van der Waals surface area (Å²) in [6, 6.07) is 0. The Labute approximate surface area is 66.6 Å². The summed E-state index contributed by atoms with van der Waals surface area (Å²) < 4.78 is 2.06. The predicted octanol–water partition coefficient (Wildman–Crippen LogP) is 3.11. The number of halogens is 2. The highest BCUT2D eigenvalue weighted by Crippen LogP contribution is 1.96. The van der Waals surface area contributed by atoms with E-state index in [1.54, 1.807) is 0 Å². The Morgan fingerprint density at radius 1 is 1.57 bits per heavy atom. The molecule has 0 atom stereocenters. The zero-order valence-corrected chi connectivity index (χ0v) is 7.78. The number of rotatable bonds is 3. The van der Waals surface area contributed by atoms with Gasteiger partial charge in [0.2, 0.25) is 0 Å². The van der Waals surface area contributed by atoms with Gasteiger partial charge in [0.1, 0.15) is 0 Å². The maximum Gasteiger partial charge on any atom is 0.00342 e. The molecule has 0 aromatic carbocycles. The van der Waals surface area contributed by atoms with Crippen molar-refractivity contribution in [3.63, 3.8) is 0 Å². The normalized spacial score (nSPS) is 10.6. The molecule has 2 heteroatoms. The molecule has 0 aliphatic rings. The van der Waals surface area contributed by atoms with Gasteiger partial charge in [-0.3, -0.25) is 0 Å². The topological polar surface area (TPSA) is 0 Å². The Morgan fingerprint density at radius 2 is 2.29 bits per heavy atom. The zero-order valence-electron chi connectivity index (χ0n) is 4.03. The summed E-state index contributed by atoms with van der Waals surface area (Å²) in [6.45, 7) is 0. The minimum atomic E-state index is 1.12. The first-order valence-electron chi connectivity index (χ1n) is 2.23. The highest BCUT2D eigenvalue weighted by atomic mass is 127. The van der Waals surface area contributed by atoms with Gasteiger partial charge >= 0.3 is 0 Å². The molecule has 0 N–H and O–H groups in total. The first-order chi connectivity index (χ1) is 3.41. The minimum absolute atomic E-state index is 1.12. The SMILES string of the molecule is BrCCCC=CI. The van der Waals surface area contributed by atoms with E-state index < -0.39 is 0 Å². The highest BCUT2D eigenvalue weighted by Gasteiger charge is 1.74. The second-order valence-corrected chi connectivity index (χ2v) is 2.71. The molecule has 0 spiro atoms. The molecule has 0 saturated heterocycles. The van der Waals surface area contributed by atoms with Crippen LogP contribution >= 0.6 is 38.5 Å². The van der Waals surface area contributed by atoms with Gasteiger partial charge in [-0.25, -0.2) is 0 Å². The summed E-state index contributed by atoms with van der Waals surface area (Å²) in [5.74, 6) is 0. The molecule has 42 valence electrons. The standard InChI is InChI=1S/C5H8BrI/c6-4-2-1-3-5-7/h3,5H,1-2,4H2. The van der Waals surface area contributed by atoms with Crippen LogP contribution in [-0.2, 0) is 0 Å². The van der Waals surface area contributed by atoms with Gasteiger partial charge in [0.15, 0.2) is 0 Å². The minimum Gasteiger partial charge on any atom is -0.0928 e. The van der Waals surface area contributed by atoms with E-state index >= 15 is 0 Å². The number of hydrogen-bond donors (Lipinski definition) is 0. The lowest BCUT2D eigenvalue weighted by atomic mass is 10.3. The van der Waals surface area contributed by atoms with Crippen molar-refractivity contribution in [2.75, 3.05) is 5.33 Å². The molecule has 0 aliphatic carbocycles. The van der Waals surface area contributed by atoms with Crippen LogP contribution < -0.4 is 0 Å². The van der Waals surface area contributed by atoms with Crippen LogP contribution in [0.15, 0.2) is 10.2 Å². The maximum atomic E-state index is 3.34. The fraction of sp³-hybridized carbons (Fsp3) is 0.600. The Kier molecular flexibility index (Phi) is 7.89. The summed E-state index contributed by atoms with van der Waals surface area (Å²) in [6.07, 6.45) is 4.62. The highest BCUT2D eigenvalue weighted by molar-refractivity contribution is 14.1. The molecule has 0 aromatic heterocycles. The van der Waals surface area contributed by atoms with Crippen LogP contribution in [0.4, 0.5) is 0 Å². The van der Waals surface area contributed by atoms with Crippen molar-refractivity contribution in [2.45, 2.75) is 12.8 Å². The molecule has 0 radical (unpaired) electrons. The first-order valence-corrected chi connectivity index (χ1v) is 4.59. The lowest BCUT2D eigenvalue weighted by Crippen LogP contribution is -1.67. The number of alkyl halides is 1. The van der Waals surface area contributed by atoms with Crippen LogP contribution in [-0.4, -0.2) is 5.33 Å². The van der Waals surface area contributed by atoms with E-state index in [0.29, 0.717) is 0 Å². The zero-order chi connectivity index (χ0) is 5.54. The van der Waals surface area contributed by atoms with Crippen LogP contribution in [0.2, 0.25) is 0 Å². The molecule has 0 saturated carbocycles. The fourth-order valence-corrected chi connectivity index (χ4v) is 0.941. The van der Waals surface area contributed by atoms with Crippen molar-refractivity contribution in [1.29, 1.82) is 0 Å². The fourth-order valence-electron chi connectivity index (χ4n) is 0.258. The van der Waals surface area contributed by atoms with Gasteiger partial charge in [-0.15, -0.1) is 0 Å². The van der Waals surface area contributed by atoms with Gasteiger partial charge in [-0.05, 0) is 16.9 Å². The average Bonchev–Trinajstić information content (AvgIpc) is 1.69. The molecule has 0 fully saturated rings. The third kappa shape index (κ3) is 6.95. The van der Waals surface area contributed by atoms with Crippen molar-refractivity contribution in [3.8, 4) is 0 Å². The number of allylic oxidation sites excluding steroid dienone is 1. The molecular weight excluding hydrogens is 267 g/mol. The van der Waals surface area contributed by atoms with Gasteiger partial charge in [0.05, 0.1) is 0 Å². The average molecular weight is 275 g/mol. The lowest BCUT2D eigenvalue weighted by Gasteiger charge is -1.82. The second-order valence-electron chi connectivity index (χ2n) is 1.19. The van der Waals surface area contributed by atoms with Gasteiger partial charge in [0, 0.05) is 5.33 Å². The number of unbranched alkanes of at least 4 members (excludes halogenated alkanes) is 1. The summed E-state index contributed by atoms with van der Waals surface area (Å²) >= 11 is 5.57. The summed E-state index contributed by atoms with van der Waals surface area (Å²) in [4.78, 5) is 0. The van der Waals surface area contributed by atoms with E-state index in [0.717, 1.165) is 5.33 Å². The predicted molar refractivity (Wildman–Crippen MR) is 46.2 cm³/mol. The molecular formula is C5H8BrI. The Balaban J connectivity index is 2.69. The van der Waals surface area contributed by atoms with E-state index in [4.69, 9.17) is 0 Å². The first kappa shape index (κ1) is 7.95. The van der Waals surface area contributed by atoms with Crippen LogP contribution in [0.25, 0.3) is 0 Å². The van der Waals surface area contributed by atoms with Gasteiger partial charge in [-0.1, -0.05) is 44.6 Å². The van der Waals surface area contributed by atoms with E-state index in [9.17, 15) is 0 Å². The van der Waals surface area contributed by atoms with Gasteiger partial charge in [0.25, 0.3) is 0 Å². The van der Waals surface area contributed by atoms with Crippen LogP contribution in [0.3, 0.4) is 0 Å². The molecule has 0 amide bonds. The quantitative estimate of drug-likeness (QED) is 0.421. The molecule has 0 bridgehead atoms. The van der Waals surface area contributed by atoms with Crippen LogP contribution in [0.5, 0.6) is 0 Å². The van der Waals surface area contributed by atoms with Crippen molar-refractivity contribution in [1.82, 2.24) is 0 Å². The maximum absolute atomic E-state index is 3.34. The molecule has 0 aliphatic heterocycles. The van der Waals surface area contributed by atoms with Crippen molar-refractivity contribution in [2.24, 2.45) is 0 Å². The molecule has 7 heavy (non-hydrogen) atoms. The van der Waals surface area contributed by atoms with E-state index in [1.165, 1.54) is 12.8 Å². The summed E-state index contributed by atoms with van der Waals surface area (Å²) in [5, 5.41) is 1.12. The Hall–Kier alpha value is 0.950. The Bertz CT molecular complexity index is 52.0. The van der Waals surface area contributed by atoms with Gasteiger partial charge in [-0.2, -0.15) is 0 Å². The van der Waals surface area contributed by atoms with Crippen LogP contribution in [0, 0.1) is 0 Å². The third-order valence-corrected chi connectivity index (χ3v) is 1.66. The summed E-state index contributed by atoms with van der Waals surface area (Å²) in [7, 11) is 0. The van der Waals surface area contributed by atoms with Crippen molar-refractivity contribution in [3.05, 3.63) is 10.2 Å². The lowest BCUT2D eigenvalue weighted by molar-refractivity contribution is 0.981. The van der Waals surface area contributed by atoms with E-state index in [-0.39, 0.29) is 0 Å². The summed E-state index contributed by atoms with van der Waals surface area (Å²) in [5.41, 5.74) is 0. The Morgan fingerprint density at radius 3 is 2.71 bits per heavy atom. The smallest absolute Gasteiger partial charge is 0.00342 e. The van der Waals surface area contributed by atoms with Crippen molar-refractivity contribution >= 4 is 38.5 Å². The third-order valence-electron chi connectivity index (χ3n) is 0.594. The number of hydrogen-bond acceptors (Lipinski definition) is 0. The van der Waals surface area contributed by atoms with Crippen molar-refractivity contribution < 1.29 is 0 Å². The molecule has 0 nitrogen and oxygen atoms in total. The molecule has 0 unspecified atom stereocenters. The monoisotopic (exact) mass is 274 g/mol. The van der Waals surface area contributed by atoms with E-state index in [2.05, 4.69) is 48.7 Å². The molecule has 0 heterocycles. The largest absolute Gasteiger partial charge is 0.0928 e.